The van der Waals surface area contributed by atoms with E-state index < -0.39 is 0 Å². The summed E-state index contributed by atoms with van der Waals surface area (Å²) in [7, 11) is 0. The number of aromatic amines is 2. The van der Waals surface area contributed by atoms with E-state index in [1.54, 1.807) is 12.1 Å². The second-order valence-corrected chi connectivity index (χ2v) is 5.76. The number of nitrogens with one attached hydrogen (secondary N) is 2. The number of hydrogen-bond donors (Lipinski definition) is 2. The largest absolute Gasteiger partial charge is 0.457 e. The molecule has 2 aromatic carbocycles. The van der Waals surface area contributed by atoms with Crippen LogP contribution in [0.1, 0.15) is 0 Å². The highest BCUT2D eigenvalue weighted by atomic mass is 16.5. The van der Waals surface area contributed by atoms with E-state index in [1.165, 1.54) is 12.1 Å². The molecule has 0 fully saturated rings. The highest BCUT2D eigenvalue weighted by molar-refractivity contribution is 5.60. The van der Waals surface area contributed by atoms with Gasteiger partial charge in [-0.1, -0.05) is 0 Å². The lowest BCUT2D eigenvalue weighted by Gasteiger charge is -2.07. The molecule has 0 spiro atoms. The smallest absolute Gasteiger partial charge is 0.264 e. The topological polar surface area (TPSA) is 101 Å². The zero-order valence-corrected chi connectivity index (χ0v) is 14.0. The Kier molecular flexibility index (Phi) is 4.32. The van der Waals surface area contributed by atoms with Crippen molar-refractivity contribution in [3.05, 3.63) is 93.5 Å². The number of nitrogens with zero attached hydrogens (tertiary/aromatic N) is 2. The molecule has 27 heavy (non-hydrogen) atoms. The number of aromatic nitrogens is 4. The third-order valence-corrected chi connectivity index (χ3v) is 3.89. The average molecular weight is 358 g/mol. The van der Waals surface area contributed by atoms with E-state index in [9.17, 15) is 9.59 Å². The van der Waals surface area contributed by atoms with Gasteiger partial charge in [-0.15, -0.1) is 0 Å². The van der Waals surface area contributed by atoms with Crippen molar-refractivity contribution in [2.24, 2.45) is 0 Å². The molecule has 4 aromatic rings. The van der Waals surface area contributed by atoms with E-state index in [-0.39, 0.29) is 11.1 Å². The van der Waals surface area contributed by atoms with Gasteiger partial charge in [0.15, 0.2) is 0 Å². The molecule has 0 aliphatic heterocycles. The van der Waals surface area contributed by atoms with Gasteiger partial charge in [0.05, 0.1) is 11.4 Å². The zero-order valence-electron chi connectivity index (χ0n) is 14.0. The van der Waals surface area contributed by atoms with Crippen LogP contribution in [0.5, 0.6) is 11.5 Å². The molecule has 7 heteroatoms. The first-order chi connectivity index (χ1) is 13.2. The molecule has 0 bridgehead atoms. The molecule has 4 rings (SSSR count). The lowest BCUT2D eigenvalue weighted by atomic mass is 10.1. The highest BCUT2D eigenvalue weighted by Crippen LogP contribution is 2.26. The van der Waals surface area contributed by atoms with Gasteiger partial charge in [0, 0.05) is 23.3 Å². The molecule has 0 amide bonds. The number of ether oxygens (including phenoxy) is 1. The van der Waals surface area contributed by atoms with E-state index in [0.29, 0.717) is 22.9 Å². The predicted octanol–water partition coefficient (Wildman–Crippen LogP) is 2.98. The third-order valence-electron chi connectivity index (χ3n) is 3.89. The first kappa shape index (κ1) is 16.5. The van der Waals surface area contributed by atoms with Gasteiger partial charge in [-0.3, -0.25) is 9.59 Å². The summed E-state index contributed by atoms with van der Waals surface area (Å²) in [5.74, 6) is 1.36. The second-order valence-electron chi connectivity index (χ2n) is 5.76. The Balaban J connectivity index is 1.49. The van der Waals surface area contributed by atoms with Crippen molar-refractivity contribution in [2.75, 3.05) is 0 Å². The molecule has 2 N–H and O–H groups in total. The van der Waals surface area contributed by atoms with Crippen LogP contribution in [0.2, 0.25) is 0 Å². The van der Waals surface area contributed by atoms with Crippen molar-refractivity contribution < 1.29 is 4.74 Å². The molecule has 0 radical (unpaired) electrons. The standard InChI is InChI=1S/C20H14N4O3/c25-19-11-9-17(21-23-19)13-1-5-15(6-2-13)27-16-7-3-14(4-8-16)18-10-12-20(26)24-22-18/h1-12H,(H,23,25)(H,24,26). The van der Waals surface area contributed by atoms with E-state index in [4.69, 9.17) is 4.74 Å². The van der Waals surface area contributed by atoms with Crippen LogP contribution in [0.25, 0.3) is 22.5 Å². The molecule has 132 valence electrons. The second kappa shape index (κ2) is 7.09. The van der Waals surface area contributed by atoms with Crippen LogP contribution in [0.4, 0.5) is 0 Å². The summed E-state index contributed by atoms with van der Waals surface area (Å²) in [6.07, 6.45) is 0. The molecular weight excluding hydrogens is 344 g/mol. The highest BCUT2D eigenvalue weighted by Gasteiger charge is 2.03. The van der Waals surface area contributed by atoms with Crippen LogP contribution in [-0.2, 0) is 0 Å². The Labute approximate surface area is 153 Å². The Bertz CT molecular complexity index is 1040. The van der Waals surface area contributed by atoms with Gasteiger partial charge in [0.2, 0.25) is 0 Å². The minimum atomic E-state index is -0.237. The van der Waals surface area contributed by atoms with Crippen molar-refractivity contribution in [1.29, 1.82) is 0 Å². The first-order valence-electron chi connectivity index (χ1n) is 8.18. The Hall–Kier alpha value is -4.00. The normalized spacial score (nSPS) is 10.5. The molecule has 7 nitrogen and oxygen atoms in total. The summed E-state index contributed by atoms with van der Waals surface area (Å²) >= 11 is 0. The summed E-state index contributed by atoms with van der Waals surface area (Å²) in [5, 5.41) is 12.8. The maximum Gasteiger partial charge on any atom is 0.264 e. The fraction of sp³-hybridized carbons (Fsp3) is 0. The molecule has 2 heterocycles. The van der Waals surface area contributed by atoms with Crippen molar-refractivity contribution in [1.82, 2.24) is 20.4 Å². The summed E-state index contributed by atoms with van der Waals surface area (Å²) in [6.45, 7) is 0. The third kappa shape index (κ3) is 3.82. The van der Waals surface area contributed by atoms with Crippen molar-refractivity contribution in [3.63, 3.8) is 0 Å². The van der Waals surface area contributed by atoms with Gasteiger partial charge >= 0.3 is 0 Å². The summed E-state index contributed by atoms with van der Waals surface area (Å²) in [6, 6.07) is 21.0. The van der Waals surface area contributed by atoms with E-state index in [2.05, 4.69) is 20.4 Å². The van der Waals surface area contributed by atoms with Gasteiger partial charge in [-0.05, 0) is 60.7 Å². The quantitative estimate of drug-likeness (QED) is 0.584. The molecule has 0 saturated carbocycles. The van der Waals surface area contributed by atoms with Gasteiger partial charge in [-0.2, -0.15) is 10.2 Å². The van der Waals surface area contributed by atoms with Crippen molar-refractivity contribution >= 4 is 0 Å². The maximum atomic E-state index is 11.1. The zero-order chi connectivity index (χ0) is 18.6. The monoisotopic (exact) mass is 358 g/mol. The fourth-order valence-corrected chi connectivity index (χ4v) is 2.53. The first-order valence-corrected chi connectivity index (χ1v) is 8.18. The number of benzene rings is 2. The average Bonchev–Trinajstić information content (AvgIpc) is 2.71. The number of H-pyrrole nitrogens is 2. The summed E-state index contributed by atoms with van der Waals surface area (Å²) in [4.78, 5) is 22.2. The lowest BCUT2D eigenvalue weighted by Crippen LogP contribution is -2.05. The molecule has 0 saturated heterocycles. The van der Waals surface area contributed by atoms with Gasteiger partial charge < -0.3 is 4.74 Å². The number of rotatable bonds is 4. The molecule has 0 aliphatic rings. The molecule has 0 aliphatic carbocycles. The Morgan fingerprint density at radius 1 is 0.556 bits per heavy atom. The van der Waals surface area contributed by atoms with Gasteiger partial charge in [0.1, 0.15) is 11.5 Å². The molecule has 0 unspecified atom stereocenters. The van der Waals surface area contributed by atoms with Gasteiger partial charge in [-0.25, -0.2) is 10.2 Å². The van der Waals surface area contributed by atoms with Crippen LogP contribution < -0.4 is 15.9 Å². The summed E-state index contributed by atoms with van der Waals surface area (Å²) in [5.41, 5.74) is 2.63. The molecule has 2 aromatic heterocycles. The predicted molar refractivity (Wildman–Crippen MR) is 101 cm³/mol. The minimum absolute atomic E-state index is 0.237. The molecule has 0 atom stereocenters. The van der Waals surface area contributed by atoms with Crippen LogP contribution >= 0.6 is 0 Å². The Morgan fingerprint density at radius 3 is 1.30 bits per heavy atom. The van der Waals surface area contributed by atoms with Gasteiger partial charge in [0.25, 0.3) is 11.1 Å². The summed E-state index contributed by atoms with van der Waals surface area (Å²) < 4.78 is 5.84. The fourth-order valence-electron chi connectivity index (χ4n) is 2.53. The van der Waals surface area contributed by atoms with Crippen LogP contribution in [-0.4, -0.2) is 20.4 Å². The van der Waals surface area contributed by atoms with E-state index in [1.807, 2.05) is 48.5 Å². The van der Waals surface area contributed by atoms with E-state index >= 15 is 0 Å². The molecular formula is C20H14N4O3. The van der Waals surface area contributed by atoms with Crippen LogP contribution in [0, 0.1) is 0 Å². The minimum Gasteiger partial charge on any atom is -0.457 e. The van der Waals surface area contributed by atoms with Crippen LogP contribution in [0.3, 0.4) is 0 Å². The number of hydrogen-bond acceptors (Lipinski definition) is 5. The Morgan fingerprint density at radius 2 is 0.963 bits per heavy atom. The van der Waals surface area contributed by atoms with Crippen molar-refractivity contribution in [3.8, 4) is 34.0 Å². The lowest BCUT2D eigenvalue weighted by molar-refractivity contribution is 0.483. The van der Waals surface area contributed by atoms with Crippen molar-refractivity contribution in [2.45, 2.75) is 0 Å². The maximum absolute atomic E-state index is 11.1. The SMILES string of the molecule is O=c1ccc(-c2ccc(Oc3ccc(-c4ccc(=O)[nH]n4)cc3)cc2)n[nH]1. The van der Waals surface area contributed by atoms with E-state index in [0.717, 1.165) is 11.1 Å². The van der Waals surface area contributed by atoms with Crippen LogP contribution in [0.15, 0.2) is 82.4 Å².